The third-order valence-electron chi connectivity index (χ3n) is 3.66. The van der Waals surface area contributed by atoms with Crippen molar-refractivity contribution in [3.63, 3.8) is 0 Å². The fraction of sp³-hybridized carbons (Fsp3) is 0.737. The van der Waals surface area contributed by atoms with Crippen LogP contribution in [0.2, 0.25) is 0 Å². The highest BCUT2D eigenvalue weighted by Gasteiger charge is 1.96. The molecule has 0 aromatic rings. The number of hydrogen-bond acceptors (Lipinski definition) is 2. The van der Waals surface area contributed by atoms with Gasteiger partial charge in [0.05, 0.1) is 6.61 Å². The van der Waals surface area contributed by atoms with Crippen molar-refractivity contribution < 1.29 is 9.53 Å². The highest BCUT2D eigenvalue weighted by atomic mass is 16.5. The molecule has 0 amide bonds. The zero-order chi connectivity index (χ0) is 15.6. The molecule has 21 heavy (non-hydrogen) atoms. The number of hydrogen-bond donors (Lipinski definition) is 0. The first-order valence-corrected chi connectivity index (χ1v) is 8.71. The lowest BCUT2D eigenvalue weighted by molar-refractivity contribution is -0.137. The Labute approximate surface area is 131 Å². The smallest absolute Gasteiger partial charge is 0.330 e. The Balaban J connectivity index is 3.02. The number of unbranched alkanes of at least 4 members (excludes halogenated alkanes) is 11. The maximum Gasteiger partial charge on any atom is 0.330 e. The van der Waals surface area contributed by atoms with Crippen molar-refractivity contribution in [3.05, 3.63) is 24.8 Å². The molecule has 0 rings (SSSR count). The van der Waals surface area contributed by atoms with Gasteiger partial charge in [-0.25, -0.2) is 4.79 Å². The molecule has 2 heteroatoms. The molecule has 0 saturated heterocycles. The topological polar surface area (TPSA) is 26.3 Å². The van der Waals surface area contributed by atoms with Gasteiger partial charge in [-0.15, -0.1) is 0 Å². The van der Waals surface area contributed by atoms with Crippen molar-refractivity contribution in [1.82, 2.24) is 0 Å². The highest BCUT2D eigenvalue weighted by molar-refractivity contribution is 5.81. The maximum atomic E-state index is 10.8. The van der Waals surface area contributed by atoms with E-state index in [1.165, 1.54) is 70.3 Å². The number of rotatable bonds is 15. The Morgan fingerprint density at radius 3 is 1.81 bits per heavy atom. The van der Waals surface area contributed by atoms with E-state index in [9.17, 15) is 4.79 Å². The molecule has 0 atom stereocenters. The lowest BCUT2D eigenvalue weighted by atomic mass is 10.1. The molecule has 0 bridgehead atoms. The minimum absolute atomic E-state index is 0.305. The zero-order valence-electron chi connectivity index (χ0n) is 13.9. The average molecular weight is 294 g/mol. The van der Waals surface area contributed by atoms with Crippen molar-refractivity contribution in [2.24, 2.45) is 0 Å². The monoisotopic (exact) mass is 294 g/mol. The Kier molecular flexibility index (Phi) is 16.2. The molecular weight excluding hydrogens is 260 g/mol. The summed E-state index contributed by atoms with van der Waals surface area (Å²) in [6.45, 7) is 6.00. The molecule has 0 aromatic heterocycles. The summed E-state index contributed by atoms with van der Waals surface area (Å²) in [6, 6.07) is 0. The molecule has 0 aliphatic carbocycles. The van der Waals surface area contributed by atoms with E-state index < -0.39 is 0 Å². The molecule has 2 nitrogen and oxygen atoms in total. The molecule has 0 radical (unpaired) electrons. The van der Waals surface area contributed by atoms with E-state index in [0.717, 1.165) is 12.8 Å². The first-order valence-electron chi connectivity index (χ1n) is 8.71. The molecule has 0 aliphatic rings. The summed E-state index contributed by atoms with van der Waals surface area (Å²) in [4.78, 5) is 10.8. The second-order valence-corrected chi connectivity index (χ2v) is 5.62. The van der Waals surface area contributed by atoms with E-state index in [0.29, 0.717) is 6.61 Å². The number of esters is 1. The summed E-state index contributed by atoms with van der Waals surface area (Å²) in [7, 11) is 0. The molecule has 0 N–H and O–H groups in total. The van der Waals surface area contributed by atoms with Gasteiger partial charge in [0.15, 0.2) is 0 Å². The van der Waals surface area contributed by atoms with Crippen molar-refractivity contribution >= 4 is 5.97 Å². The van der Waals surface area contributed by atoms with Crippen molar-refractivity contribution in [3.8, 4) is 0 Å². The standard InChI is InChI=1S/C19H34O2/c1-3-5-6-7-8-9-10-11-12-13-14-15-16-17-18-21-19(20)4-2/h3-5H,2,6-18H2,1H3/b5-3+. The second kappa shape index (κ2) is 17.0. The van der Waals surface area contributed by atoms with Crippen LogP contribution in [0.4, 0.5) is 0 Å². The lowest BCUT2D eigenvalue weighted by Gasteiger charge is -2.03. The Bertz CT molecular complexity index is 269. The third-order valence-corrected chi connectivity index (χ3v) is 3.66. The molecule has 0 heterocycles. The number of ether oxygens (including phenoxy) is 1. The van der Waals surface area contributed by atoms with Crippen LogP contribution in [0.3, 0.4) is 0 Å². The second-order valence-electron chi connectivity index (χ2n) is 5.62. The van der Waals surface area contributed by atoms with Crippen LogP contribution in [0.1, 0.15) is 84.0 Å². The molecule has 0 aliphatic heterocycles. The van der Waals surface area contributed by atoms with Gasteiger partial charge in [0, 0.05) is 6.08 Å². The van der Waals surface area contributed by atoms with E-state index in [-0.39, 0.29) is 5.97 Å². The molecule has 122 valence electrons. The van der Waals surface area contributed by atoms with Gasteiger partial charge in [-0.3, -0.25) is 0 Å². The molecule has 0 saturated carbocycles. The van der Waals surface area contributed by atoms with Crippen LogP contribution >= 0.6 is 0 Å². The van der Waals surface area contributed by atoms with E-state index in [2.05, 4.69) is 25.7 Å². The minimum atomic E-state index is -0.305. The molecule has 0 spiro atoms. The summed E-state index contributed by atoms with van der Waals surface area (Å²) in [5.74, 6) is -0.305. The van der Waals surface area contributed by atoms with Crippen LogP contribution in [-0.2, 0) is 9.53 Å². The predicted molar refractivity (Wildman–Crippen MR) is 91.4 cm³/mol. The fourth-order valence-electron chi connectivity index (χ4n) is 2.35. The lowest BCUT2D eigenvalue weighted by Crippen LogP contribution is -2.01. The normalized spacial score (nSPS) is 10.9. The quantitative estimate of drug-likeness (QED) is 0.161. The Hall–Kier alpha value is -1.05. The van der Waals surface area contributed by atoms with Gasteiger partial charge >= 0.3 is 5.97 Å². The number of allylic oxidation sites excluding steroid dienone is 2. The van der Waals surface area contributed by atoms with Crippen LogP contribution < -0.4 is 0 Å². The highest BCUT2D eigenvalue weighted by Crippen LogP contribution is 2.12. The number of carbonyl (C=O) groups excluding carboxylic acids is 1. The van der Waals surface area contributed by atoms with Crippen LogP contribution in [-0.4, -0.2) is 12.6 Å². The van der Waals surface area contributed by atoms with E-state index in [1.54, 1.807) is 0 Å². The van der Waals surface area contributed by atoms with Gasteiger partial charge in [0.2, 0.25) is 0 Å². The van der Waals surface area contributed by atoms with Gasteiger partial charge < -0.3 is 4.74 Å². The minimum Gasteiger partial charge on any atom is -0.463 e. The molecule has 0 unspecified atom stereocenters. The SMILES string of the molecule is C=CC(=O)OCCCCCCCCCCCCC/C=C/C. The summed E-state index contributed by atoms with van der Waals surface area (Å²) in [5.41, 5.74) is 0. The summed E-state index contributed by atoms with van der Waals surface area (Å²) in [5, 5.41) is 0. The summed E-state index contributed by atoms with van der Waals surface area (Å²) in [6.07, 6.45) is 21.2. The van der Waals surface area contributed by atoms with Gasteiger partial charge in [0.1, 0.15) is 0 Å². The van der Waals surface area contributed by atoms with Crippen molar-refractivity contribution in [2.75, 3.05) is 6.61 Å². The maximum absolute atomic E-state index is 10.8. The first kappa shape index (κ1) is 19.9. The van der Waals surface area contributed by atoms with Crippen LogP contribution in [0.5, 0.6) is 0 Å². The first-order chi connectivity index (χ1) is 10.3. The van der Waals surface area contributed by atoms with Gasteiger partial charge in [0.25, 0.3) is 0 Å². The largest absolute Gasteiger partial charge is 0.463 e. The van der Waals surface area contributed by atoms with Crippen LogP contribution in [0.25, 0.3) is 0 Å². The molecule has 0 fully saturated rings. The van der Waals surface area contributed by atoms with Gasteiger partial charge in [-0.1, -0.05) is 76.5 Å². The number of carbonyl (C=O) groups is 1. The van der Waals surface area contributed by atoms with Crippen LogP contribution in [0.15, 0.2) is 24.8 Å². The Morgan fingerprint density at radius 2 is 1.33 bits per heavy atom. The van der Waals surface area contributed by atoms with E-state index in [4.69, 9.17) is 4.74 Å². The summed E-state index contributed by atoms with van der Waals surface area (Å²) >= 11 is 0. The predicted octanol–water partition coefficient (Wildman–Crippen LogP) is 5.97. The zero-order valence-corrected chi connectivity index (χ0v) is 13.9. The van der Waals surface area contributed by atoms with Crippen molar-refractivity contribution in [1.29, 1.82) is 0 Å². The van der Waals surface area contributed by atoms with Crippen LogP contribution in [0, 0.1) is 0 Å². The fourth-order valence-corrected chi connectivity index (χ4v) is 2.35. The Morgan fingerprint density at radius 1 is 0.857 bits per heavy atom. The average Bonchev–Trinajstić information content (AvgIpc) is 2.50. The molecular formula is C19H34O2. The van der Waals surface area contributed by atoms with E-state index in [1.807, 2.05) is 0 Å². The van der Waals surface area contributed by atoms with Gasteiger partial charge in [-0.05, 0) is 26.2 Å². The van der Waals surface area contributed by atoms with Gasteiger partial charge in [-0.2, -0.15) is 0 Å². The molecule has 0 aromatic carbocycles. The third kappa shape index (κ3) is 16.9. The van der Waals surface area contributed by atoms with E-state index >= 15 is 0 Å². The van der Waals surface area contributed by atoms with Crippen molar-refractivity contribution in [2.45, 2.75) is 84.0 Å². The summed E-state index contributed by atoms with van der Waals surface area (Å²) < 4.78 is 4.94.